The molecular formula is C49H32N2O2. The standard InChI is InChI=1S/C49H32N2O2/c1-5-13-33(14-6-1)34-21-25-40(26-22-34)51(39-19-11-4-12-20-39)45-28-24-37(29-42(45)35-15-7-2-8-16-35)38-23-27-41-43-31-44-48(32-47(43)52-46(41)30-38)53-49(50-44)36-17-9-3-10-18-36/h1-32H. The van der Waals surface area contributed by atoms with E-state index in [1.807, 2.05) is 36.4 Å². The number of fused-ring (bicyclic) bond motifs is 4. The molecule has 0 saturated carbocycles. The van der Waals surface area contributed by atoms with Crippen LogP contribution in [0.5, 0.6) is 0 Å². The monoisotopic (exact) mass is 680 g/mol. The summed E-state index contributed by atoms with van der Waals surface area (Å²) in [7, 11) is 0. The molecule has 0 saturated heterocycles. The number of hydrogen-bond donors (Lipinski definition) is 0. The maximum Gasteiger partial charge on any atom is 0.227 e. The molecule has 0 N–H and O–H groups in total. The third-order valence-electron chi connectivity index (χ3n) is 9.90. The van der Waals surface area contributed by atoms with E-state index in [2.05, 4.69) is 163 Å². The van der Waals surface area contributed by atoms with Gasteiger partial charge in [0, 0.05) is 39.3 Å². The average Bonchev–Trinajstić information content (AvgIpc) is 3.82. The Labute approximate surface area is 306 Å². The van der Waals surface area contributed by atoms with Gasteiger partial charge in [0.05, 0.1) is 5.69 Å². The first-order valence-electron chi connectivity index (χ1n) is 17.8. The molecule has 0 radical (unpaired) electrons. The van der Waals surface area contributed by atoms with Gasteiger partial charge in [0.1, 0.15) is 16.7 Å². The summed E-state index contributed by atoms with van der Waals surface area (Å²) >= 11 is 0. The smallest absolute Gasteiger partial charge is 0.227 e. The number of benzene rings is 8. The minimum absolute atomic E-state index is 0.604. The molecule has 0 amide bonds. The van der Waals surface area contributed by atoms with E-state index in [0.717, 1.165) is 72.3 Å². The summed E-state index contributed by atoms with van der Waals surface area (Å²) < 4.78 is 12.6. The van der Waals surface area contributed by atoms with E-state index in [4.69, 9.17) is 13.8 Å². The molecule has 0 aliphatic rings. The molecule has 0 aliphatic carbocycles. The fourth-order valence-corrected chi connectivity index (χ4v) is 7.28. The number of hydrogen-bond acceptors (Lipinski definition) is 4. The molecule has 4 heteroatoms. The van der Waals surface area contributed by atoms with E-state index < -0.39 is 0 Å². The van der Waals surface area contributed by atoms with E-state index in [0.29, 0.717) is 11.5 Å². The molecule has 0 fully saturated rings. The lowest BCUT2D eigenvalue weighted by Gasteiger charge is -2.28. The number of rotatable bonds is 7. The van der Waals surface area contributed by atoms with Crippen molar-refractivity contribution in [2.75, 3.05) is 4.90 Å². The first-order chi connectivity index (χ1) is 26.2. The molecular weight excluding hydrogens is 649 g/mol. The minimum atomic E-state index is 0.604. The lowest BCUT2D eigenvalue weighted by molar-refractivity contribution is 0.617. The average molecular weight is 681 g/mol. The normalized spacial score (nSPS) is 11.4. The highest BCUT2D eigenvalue weighted by Crippen LogP contribution is 2.44. The highest BCUT2D eigenvalue weighted by Gasteiger charge is 2.19. The Morgan fingerprint density at radius 3 is 1.62 bits per heavy atom. The number of nitrogens with zero attached hydrogens (tertiary/aromatic N) is 2. The van der Waals surface area contributed by atoms with Crippen molar-refractivity contribution in [3.05, 3.63) is 194 Å². The van der Waals surface area contributed by atoms with Gasteiger partial charge in [-0.15, -0.1) is 0 Å². The second kappa shape index (κ2) is 12.9. The fraction of sp³-hybridized carbons (Fsp3) is 0. The molecule has 0 aliphatic heterocycles. The third-order valence-corrected chi connectivity index (χ3v) is 9.90. The molecule has 8 aromatic carbocycles. The van der Waals surface area contributed by atoms with Crippen LogP contribution in [0.1, 0.15) is 0 Å². The molecule has 0 atom stereocenters. The number of furan rings is 1. The predicted molar refractivity (Wildman–Crippen MR) is 218 cm³/mol. The van der Waals surface area contributed by atoms with Gasteiger partial charge in [0.15, 0.2) is 5.58 Å². The topological polar surface area (TPSA) is 42.4 Å². The van der Waals surface area contributed by atoms with Crippen LogP contribution in [0.2, 0.25) is 0 Å². The van der Waals surface area contributed by atoms with Crippen molar-refractivity contribution in [2.24, 2.45) is 0 Å². The highest BCUT2D eigenvalue weighted by molar-refractivity contribution is 6.09. The summed E-state index contributed by atoms with van der Waals surface area (Å²) in [6.07, 6.45) is 0. The summed E-state index contributed by atoms with van der Waals surface area (Å²) in [4.78, 5) is 7.14. The van der Waals surface area contributed by atoms with Crippen LogP contribution in [0.15, 0.2) is 203 Å². The Bertz CT molecular complexity index is 2860. The first kappa shape index (κ1) is 30.6. The van der Waals surface area contributed by atoms with Crippen LogP contribution >= 0.6 is 0 Å². The van der Waals surface area contributed by atoms with Gasteiger partial charge in [-0.1, -0.05) is 121 Å². The SMILES string of the molecule is c1ccc(-c2ccc(N(c3ccccc3)c3ccc(-c4ccc5c(c4)oc4cc6oc(-c7ccccc7)nc6cc45)cc3-c3ccccc3)cc2)cc1. The Morgan fingerprint density at radius 2 is 0.906 bits per heavy atom. The van der Waals surface area contributed by atoms with Crippen LogP contribution in [0.3, 0.4) is 0 Å². The Kier molecular flexibility index (Phi) is 7.43. The second-order valence-corrected chi connectivity index (χ2v) is 13.2. The van der Waals surface area contributed by atoms with Gasteiger partial charge in [-0.3, -0.25) is 0 Å². The van der Waals surface area contributed by atoms with Crippen molar-refractivity contribution in [3.8, 4) is 44.8 Å². The Hall–Kier alpha value is -7.17. The largest absolute Gasteiger partial charge is 0.456 e. The van der Waals surface area contributed by atoms with Crippen LogP contribution in [0.4, 0.5) is 17.1 Å². The molecule has 0 bridgehead atoms. The Morgan fingerprint density at radius 1 is 0.358 bits per heavy atom. The number of anilines is 3. The van der Waals surface area contributed by atoms with Crippen molar-refractivity contribution in [2.45, 2.75) is 0 Å². The van der Waals surface area contributed by atoms with Gasteiger partial charge < -0.3 is 13.7 Å². The van der Waals surface area contributed by atoms with E-state index in [1.54, 1.807) is 0 Å². The van der Waals surface area contributed by atoms with E-state index in [-0.39, 0.29) is 0 Å². The molecule has 4 nitrogen and oxygen atoms in total. The summed E-state index contributed by atoms with van der Waals surface area (Å²) in [5.41, 5.74) is 14.2. The molecule has 2 heterocycles. The third kappa shape index (κ3) is 5.63. The van der Waals surface area contributed by atoms with Crippen LogP contribution in [0, 0.1) is 0 Å². The fourth-order valence-electron chi connectivity index (χ4n) is 7.28. The highest BCUT2D eigenvalue weighted by atomic mass is 16.4. The molecule has 53 heavy (non-hydrogen) atoms. The van der Waals surface area contributed by atoms with Crippen molar-refractivity contribution < 1.29 is 8.83 Å². The molecule has 2 aromatic heterocycles. The van der Waals surface area contributed by atoms with Crippen LogP contribution < -0.4 is 4.90 Å². The Balaban J connectivity index is 1.07. The maximum absolute atomic E-state index is 6.48. The molecule has 10 aromatic rings. The van der Waals surface area contributed by atoms with Gasteiger partial charge >= 0.3 is 0 Å². The summed E-state index contributed by atoms with van der Waals surface area (Å²) in [6, 6.07) is 67.7. The summed E-state index contributed by atoms with van der Waals surface area (Å²) in [5.74, 6) is 0.604. The minimum Gasteiger partial charge on any atom is -0.456 e. The quantitative estimate of drug-likeness (QED) is 0.168. The maximum atomic E-state index is 6.48. The van der Waals surface area contributed by atoms with Gasteiger partial charge in [-0.05, 0) is 94.5 Å². The molecule has 10 rings (SSSR count). The molecule has 0 unspecified atom stereocenters. The van der Waals surface area contributed by atoms with Crippen molar-refractivity contribution in [3.63, 3.8) is 0 Å². The zero-order chi connectivity index (χ0) is 35.1. The lowest BCUT2D eigenvalue weighted by atomic mass is 9.95. The lowest BCUT2D eigenvalue weighted by Crippen LogP contribution is -2.11. The number of para-hydroxylation sites is 1. The zero-order valence-electron chi connectivity index (χ0n) is 28.7. The van der Waals surface area contributed by atoms with Gasteiger partial charge in [0.2, 0.25) is 5.89 Å². The van der Waals surface area contributed by atoms with Crippen LogP contribution in [-0.2, 0) is 0 Å². The van der Waals surface area contributed by atoms with E-state index in [1.165, 1.54) is 11.1 Å². The molecule has 0 spiro atoms. The zero-order valence-corrected chi connectivity index (χ0v) is 28.7. The number of aromatic nitrogens is 1. The summed E-state index contributed by atoms with van der Waals surface area (Å²) in [5, 5.41) is 2.06. The van der Waals surface area contributed by atoms with Gasteiger partial charge in [0.25, 0.3) is 0 Å². The van der Waals surface area contributed by atoms with Gasteiger partial charge in [-0.2, -0.15) is 0 Å². The van der Waals surface area contributed by atoms with E-state index in [9.17, 15) is 0 Å². The van der Waals surface area contributed by atoms with Crippen molar-refractivity contribution >= 4 is 50.1 Å². The predicted octanol–water partition coefficient (Wildman–Crippen LogP) is 13.9. The van der Waals surface area contributed by atoms with Crippen molar-refractivity contribution in [1.29, 1.82) is 0 Å². The first-order valence-corrected chi connectivity index (χ1v) is 17.8. The summed E-state index contributed by atoms with van der Waals surface area (Å²) in [6.45, 7) is 0. The van der Waals surface area contributed by atoms with Gasteiger partial charge in [-0.25, -0.2) is 4.98 Å². The van der Waals surface area contributed by atoms with Crippen molar-refractivity contribution in [1.82, 2.24) is 4.98 Å². The molecule has 250 valence electrons. The van der Waals surface area contributed by atoms with Crippen LogP contribution in [-0.4, -0.2) is 4.98 Å². The second-order valence-electron chi connectivity index (χ2n) is 13.2. The van der Waals surface area contributed by atoms with E-state index >= 15 is 0 Å². The van der Waals surface area contributed by atoms with Crippen LogP contribution in [0.25, 0.3) is 77.9 Å². The number of oxazole rings is 1.